The van der Waals surface area contributed by atoms with Crippen LogP contribution in [0.5, 0.6) is 0 Å². The van der Waals surface area contributed by atoms with Crippen LogP contribution in [0.15, 0.2) is 83.8 Å². The predicted molar refractivity (Wildman–Crippen MR) is 126 cm³/mol. The van der Waals surface area contributed by atoms with Gasteiger partial charge >= 0.3 is 5.97 Å². The van der Waals surface area contributed by atoms with Crippen molar-refractivity contribution in [3.05, 3.63) is 101 Å². The smallest absolute Gasteiger partial charge is 0.305 e. The number of aryl methyl sites for hydroxylation is 1. The van der Waals surface area contributed by atoms with Gasteiger partial charge in [0, 0.05) is 11.4 Å². The molecule has 0 radical (unpaired) electrons. The zero-order valence-electron chi connectivity index (χ0n) is 17.8. The first-order valence-corrected chi connectivity index (χ1v) is 12.2. The Labute approximate surface area is 194 Å². The van der Waals surface area contributed by atoms with E-state index in [1.54, 1.807) is 12.1 Å². The number of ether oxygens (including phenoxy) is 1. The first kappa shape index (κ1) is 24.0. The highest BCUT2D eigenvalue weighted by atomic mass is 35.5. The third kappa shape index (κ3) is 6.66. The summed E-state index contributed by atoms with van der Waals surface area (Å²) < 4.78 is 33.7. The zero-order valence-corrected chi connectivity index (χ0v) is 19.4. The molecule has 0 fully saturated rings. The number of unbranched alkanes of at least 4 members (excludes halogenated alkanes) is 1. The van der Waals surface area contributed by atoms with Crippen LogP contribution in [0.2, 0.25) is 5.02 Å². The molecule has 1 unspecified atom stereocenters. The summed E-state index contributed by atoms with van der Waals surface area (Å²) in [6.45, 7) is 0. The third-order valence-electron chi connectivity index (χ3n) is 5.14. The number of hydrogen-bond acceptors (Lipinski definition) is 4. The van der Waals surface area contributed by atoms with Crippen LogP contribution in [0, 0.1) is 0 Å². The minimum atomic E-state index is -3.78. The molecule has 3 aromatic carbocycles. The normalized spacial score (nSPS) is 12.3. The molecule has 168 valence electrons. The van der Waals surface area contributed by atoms with E-state index in [1.807, 2.05) is 54.6 Å². The van der Waals surface area contributed by atoms with Gasteiger partial charge < -0.3 is 4.74 Å². The van der Waals surface area contributed by atoms with Gasteiger partial charge in [-0.05, 0) is 60.2 Å². The maximum absolute atomic E-state index is 13.1. The second kappa shape index (κ2) is 11.3. The zero-order chi connectivity index (χ0) is 23.0. The second-order valence-corrected chi connectivity index (χ2v) is 9.60. The van der Waals surface area contributed by atoms with Crippen molar-refractivity contribution in [2.24, 2.45) is 0 Å². The van der Waals surface area contributed by atoms with Crippen LogP contribution in [0.25, 0.3) is 0 Å². The summed E-state index contributed by atoms with van der Waals surface area (Å²) in [4.78, 5) is 11.5. The van der Waals surface area contributed by atoms with Crippen molar-refractivity contribution in [2.45, 2.75) is 36.6 Å². The number of methoxy groups -OCH3 is 1. The van der Waals surface area contributed by atoms with Gasteiger partial charge in [0.2, 0.25) is 10.0 Å². The van der Waals surface area contributed by atoms with Crippen LogP contribution in [0.4, 0.5) is 0 Å². The van der Waals surface area contributed by atoms with Crippen LogP contribution in [-0.2, 0) is 26.0 Å². The van der Waals surface area contributed by atoms with E-state index in [0.717, 1.165) is 36.0 Å². The van der Waals surface area contributed by atoms with Gasteiger partial charge in [-0.2, -0.15) is 4.72 Å². The lowest BCUT2D eigenvalue weighted by Gasteiger charge is -2.21. The molecule has 0 heterocycles. The first-order valence-electron chi connectivity index (χ1n) is 10.4. The summed E-state index contributed by atoms with van der Waals surface area (Å²) in [5.74, 6) is -0.209. The minimum Gasteiger partial charge on any atom is -0.469 e. The van der Waals surface area contributed by atoms with E-state index in [2.05, 4.69) is 9.46 Å². The van der Waals surface area contributed by atoms with Gasteiger partial charge in [0.25, 0.3) is 0 Å². The highest BCUT2D eigenvalue weighted by Crippen LogP contribution is 2.26. The fourth-order valence-electron chi connectivity index (χ4n) is 3.44. The molecule has 0 saturated heterocycles. The van der Waals surface area contributed by atoms with E-state index in [1.165, 1.54) is 19.2 Å². The van der Waals surface area contributed by atoms with Crippen molar-refractivity contribution in [2.75, 3.05) is 7.11 Å². The molecule has 7 heteroatoms. The number of carbonyl (C=O) groups is 1. The molecule has 3 aromatic rings. The molecule has 0 aliphatic heterocycles. The van der Waals surface area contributed by atoms with Crippen molar-refractivity contribution < 1.29 is 17.9 Å². The average Bonchev–Trinajstić information content (AvgIpc) is 2.81. The Kier molecular flexibility index (Phi) is 8.45. The van der Waals surface area contributed by atoms with Crippen LogP contribution in [-0.4, -0.2) is 21.5 Å². The van der Waals surface area contributed by atoms with E-state index >= 15 is 0 Å². The van der Waals surface area contributed by atoms with Gasteiger partial charge in [-0.3, -0.25) is 4.79 Å². The van der Waals surface area contributed by atoms with E-state index in [0.29, 0.717) is 11.4 Å². The number of benzene rings is 3. The first-order chi connectivity index (χ1) is 15.4. The van der Waals surface area contributed by atoms with Crippen LogP contribution < -0.4 is 4.72 Å². The molecule has 1 atom stereocenters. The number of rotatable bonds is 10. The van der Waals surface area contributed by atoms with E-state index in [4.69, 9.17) is 11.6 Å². The standard InChI is InChI=1S/C25H26ClNO4S/c1-31-24(28)13-6-5-8-19-9-7-12-21(18-19)25(20-10-3-2-4-11-20)27-32(29,30)23-16-14-22(26)15-17-23/h2-4,7,9-12,14-18,25,27H,5-6,8,13H2,1H3. The Hall–Kier alpha value is -2.67. The SMILES string of the molecule is COC(=O)CCCCc1cccc(C(NS(=O)(=O)c2ccc(Cl)cc2)c2ccccc2)c1. The number of esters is 1. The van der Waals surface area contributed by atoms with Crippen molar-refractivity contribution in [1.29, 1.82) is 0 Å². The predicted octanol–water partition coefficient (Wildman–Crippen LogP) is 5.29. The summed E-state index contributed by atoms with van der Waals surface area (Å²) in [7, 11) is -2.39. The Balaban J connectivity index is 1.84. The molecule has 0 aromatic heterocycles. The Morgan fingerprint density at radius 3 is 2.31 bits per heavy atom. The lowest BCUT2D eigenvalue weighted by Crippen LogP contribution is -2.29. The van der Waals surface area contributed by atoms with Gasteiger partial charge in [0.05, 0.1) is 18.0 Å². The molecule has 1 N–H and O–H groups in total. The van der Waals surface area contributed by atoms with Crippen LogP contribution >= 0.6 is 11.6 Å². The summed E-state index contributed by atoms with van der Waals surface area (Å²) in [5, 5.41) is 0.475. The summed E-state index contributed by atoms with van der Waals surface area (Å²) in [6.07, 6.45) is 2.76. The van der Waals surface area contributed by atoms with Crippen molar-refractivity contribution in [3.63, 3.8) is 0 Å². The largest absolute Gasteiger partial charge is 0.469 e. The van der Waals surface area contributed by atoms with E-state index in [9.17, 15) is 13.2 Å². The molecule has 0 aliphatic rings. The molecular formula is C25H26ClNO4S. The van der Waals surface area contributed by atoms with Gasteiger partial charge in [0.1, 0.15) is 0 Å². The quantitative estimate of drug-likeness (QED) is 0.322. The highest BCUT2D eigenvalue weighted by Gasteiger charge is 2.23. The number of halogens is 1. The molecular weight excluding hydrogens is 446 g/mol. The van der Waals surface area contributed by atoms with E-state index < -0.39 is 16.1 Å². The maximum Gasteiger partial charge on any atom is 0.305 e. The fraction of sp³-hybridized carbons (Fsp3) is 0.240. The van der Waals surface area contributed by atoms with Gasteiger partial charge in [-0.1, -0.05) is 66.2 Å². The molecule has 0 amide bonds. The topological polar surface area (TPSA) is 72.5 Å². The lowest BCUT2D eigenvalue weighted by atomic mass is 9.96. The number of hydrogen-bond donors (Lipinski definition) is 1. The van der Waals surface area contributed by atoms with Crippen LogP contribution in [0.3, 0.4) is 0 Å². The third-order valence-corrected chi connectivity index (χ3v) is 6.83. The number of nitrogens with one attached hydrogen (secondary N) is 1. The maximum atomic E-state index is 13.1. The molecule has 3 rings (SSSR count). The molecule has 0 aliphatic carbocycles. The number of carbonyl (C=O) groups excluding carboxylic acids is 1. The molecule has 5 nitrogen and oxygen atoms in total. The van der Waals surface area contributed by atoms with Gasteiger partial charge in [-0.15, -0.1) is 0 Å². The molecule has 0 saturated carbocycles. The molecule has 0 bridgehead atoms. The molecule has 32 heavy (non-hydrogen) atoms. The Morgan fingerprint density at radius 2 is 1.62 bits per heavy atom. The summed E-state index contributed by atoms with van der Waals surface area (Å²) >= 11 is 5.91. The average molecular weight is 472 g/mol. The highest BCUT2D eigenvalue weighted by molar-refractivity contribution is 7.89. The minimum absolute atomic E-state index is 0.154. The van der Waals surface area contributed by atoms with Crippen molar-refractivity contribution in [1.82, 2.24) is 4.72 Å². The van der Waals surface area contributed by atoms with E-state index in [-0.39, 0.29) is 10.9 Å². The van der Waals surface area contributed by atoms with Crippen molar-refractivity contribution >= 4 is 27.6 Å². The molecule has 0 spiro atoms. The van der Waals surface area contributed by atoms with Gasteiger partial charge in [0.15, 0.2) is 0 Å². The number of sulfonamides is 1. The Bertz CT molecular complexity index is 1130. The van der Waals surface area contributed by atoms with Crippen LogP contribution in [0.1, 0.15) is 42.0 Å². The lowest BCUT2D eigenvalue weighted by molar-refractivity contribution is -0.140. The summed E-state index contributed by atoms with van der Waals surface area (Å²) in [5.41, 5.74) is 2.77. The monoisotopic (exact) mass is 471 g/mol. The summed E-state index contributed by atoms with van der Waals surface area (Å²) in [6, 6.07) is 22.9. The Morgan fingerprint density at radius 1 is 0.938 bits per heavy atom. The fourth-order valence-corrected chi connectivity index (χ4v) is 4.78. The second-order valence-electron chi connectivity index (χ2n) is 7.45. The van der Waals surface area contributed by atoms with Gasteiger partial charge in [-0.25, -0.2) is 8.42 Å². The van der Waals surface area contributed by atoms with Crippen molar-refractivity contribution in [3.8, 4) is 0 Å².